The fourth-order valence-electron chi connectivity index (χ4n) is 2.67. The van der Waals surface area contributed by atoms with E-state index in [9.17, 15) is 4.79 Å². The second-order valence-electron chi connectivity index (χ2n) is 6.82. The molecule has 1 amide bonds. The Labute approximate surface area is 127 Å². The number of hydrogen-bond acceptors (Lipinski definition) is 3. The number of hydrogen-bond donors (Lipinski definition) is 1. The van der Waals surface area contributed by atoms with Crippen LogP contribution in [0.25, 0.3) is 0 Å². The van der Waals surface area contributed by atoms with Gasteiger partial charge in [-0.3, -0.25) is 4.68 Å². The molecule has 1 aliphatic carbocycles. The minimum Gasteiger partial charge on any atom is -0.446 e. The topological polar surface area (TPSA) is 56.1 Å². The summed E-state index contributed by atoms with van der Waals surface area (Å²) in [7, 11) is 0. The molecule has 21 heavy (non-hydrogen) atoms. The summed E-state index contributed by atoms with van der Waals surface area (Å²) in [6.45, 7) is 9.12. The van der Waals surface area contributed by atoms with E-state index in [2.05, 4.69) is 37.3 Å². The van der Waals surface area contributed by atoms with Gasteiger partial charge in [0.15, 0.2) is 0 Å². The molecule has 118 valence electrons. The number of amides is 1. The summed E-state index contributed by atoms with van der Waals surface area (Å²) < 4.78 is 7.46. The third-order valence-corrected chi connectivity index (χ3v) is 3.89. The van der Waals surface area contributed by atoms with Crippen LogP contribution in [0.5, 0.6) is 0 Å². The van der Waals surface area contributed by atoms with Gasteiger partial charge in [-0.05, 0) is 52.5 Å². The van der Waals surface area contributed by atoms with Gasteiger partial charge in [-0.2, -0.15) is 5.10 Å². The highest BCUT2D eigenvalue weighted by molar-refractivity contribution is 5.67. The second-order valence-corrected chi connectivity index (χ2v) is 6.82. The van der Waals surface area contributed by atoms with E-state index in [1.54, 1.807) is 0 Å². The first-order chi connectivity index (χ1) is 9.90. The fourth-order valence-corrected chi connectivity index (χ4v) is 2.67. The third kappa shape index (κ3) is 4.22. The number of nitrogens with one attached hydrogen (secondary N) is 1. The van der Waals surface area contributed by atoms with E-state index in [-0.39, 0.29) is 17.7 Å². The van der Waals surface area contributed by atoms with E-state index >= 15 is 0 Å². The molecule has 1 heterocycles. The first-order valence-electron chi connectivity index (χ1n) is 7.90. The molecular formula is C16H27N3O2. The average Bonchev–Trinajstić information content (AvgIpc) is 3.03. The number of carbonyl (C=O) groups is 1. The van der Waals surface area contributed by atoms with Gasteiger partial charge in [0.1, 0.15) is 6.10 Å². The number of nitrogens with zero attached hydrogens (tertiary/aromatic N) is 2. The first-order valence-corrected chi connectivity index (χ1v) is 7.90. The quantitative estimate of drug-likeness (QED) is 0.925. The predicted molar refractivity (Wildman–Crippen MR) is 82.4 cm³/mol. The van der Waals surface area contributed by atoms with Crippen LogP contribution >= 0.6 is 0 Å². The lowest BCUT2D eigenvalue weighted by molar-refractivity contribution is 0.100. The molecule has 0 radical (unpaired) electrons. The normalized spacial score (nSPS) is 22.3. The van der Waals surface area contributed by atoms with Crippen molar-refractivity contribution in [1.82, 2.24) is 15.1 Å². The molecule has 0 aliphatic heterocycles. The van der Waals surface area contributed by atoms with Crippen LogP contribution in [-0.4, -0.2) is 28.5 Å². The van der Waals surface area contributed by atoms with E-state index in [1.807, 2.05) is 17.8 Å². The van der Waals surface area contributed by atoms with Crippen molar-refractivity contribution in [2.75, 3.05) is 6.54 Å². The number of alkyl carbamates (subject to hydrolysis) is 1. The molecule has 0 aromatic carbocycles. The SMILES string of the molecule is CCCNC(=O)O[C@@H]1CC[C@H](c2ccn(C(C)(C)C)n2)C1. The van der Waals surface area contributed by atoms with Crippen molar-refractivity contribution in [3.8, 4) is 0 Å². The van der Waals surface area contributed by atoms with Crippen LogP contribution in [0.15, 0.2) is 12.3 Å². The van der Waals surface area contributed by atoms with E-state index in [0.717, 1.165) is 31.4 Å². The molecule has 0 bridgehead atoms. The Balaban J connectivity index is 1.87. The standard InChI is InChI=1S/C16H27N3O2/c1-5-9-17-15(20)21-13-7-6-12(11-13)14-8-10-19(18-14)16(2,3)4/h8,10,12-13H,5-7,9,11H2,1-4H3,(H,17,20)/t12-,13+/m0/s1. The maximum absolute atomic E-state index is 11.6. The number of ether oxygens (including phenoxy) is 1. The molecule has 0 spiro atoms. The van der Waals surface area contributed by atoms with Gasteiger partial charge in [-0.1, -0.05) is 6.92 Å². The number of carbonyl (C=O) groups excluding carboxylic acids is 1. The summed E-state index contributed by atoms with van der Waals surface area (Å²) in [6, 6.07) is 2.09. The van der Waals surface area contributed by atoms with Crippen molar-refractivity contribution < 1.29 is 9.53 Å². The van der Waals surface area contributed by atoms with Crippen molar-refractivity contribution in [2.45, 2.75) is 70.9 Å². The van der Waals surface area contributed by atoms with Gasteiger partial charge in [0, 0.05) is 18.7 Å². The van der Waals surface area contributed by atoms with Crippen molar-refractivity contribution in [2.24, 2.45) is 0 Å². The molecule has 1 N–H and O–H groups in total. The average molecular weight is 293 g/mol. The molecule has 0 unspecified atom stereocenters. The third-order valence-electron chi connectivity index (χ3n) is 3.89. The number of rotatable bonds is 4. The van der Waals surface area contributed by atoms with Crippen LogP contribution in [0, 0.1) is 0 Å². The van der Waals surface area contributed by atoms with Crippen LogP contribution in [0.1, 0.15) is 65.0 Å². The predicted octanol–water partition coefficient (Wildman–Crippen LogP) is 3.41. The zero-order valence-corrected chi connectivity index (χ0v) is 13.6. The van der Waals surface area contributed by atoms with Gasteiger partial charge in [0.25, 0.3) is 0 Å². The Hall–Kier alpha value is -1.52. The summed E-state index contributed by atoms with van der Waals surface area (Å²) >= 11 is 0. The Morgan fingerprint density at radius 2 is 2.24 bits per heavy atom. The highest BCUT2D eigenvalue weighted by atomic mass is 16.6. The zero-order valence-electron chi connectivity index (χ0n) is 13.6. The van der Waals surface area contributed by atoms with E-state index in [4.69, 9.17) is 4.74 Å². The van der Waals surface area contributed by atoms with Gasteiger partial charge >= 0.3 is 6.09 Å². The summed E-state index contributed by atoms with van der Waals surface area (Å²) in [6.07, 6.45) is 5.53. The summed E-state index contributed by atoms with van der Waals surface area (Å²) in [5.41, 5.74) is 1.12. The molecule has 1 aromatic heterocycles. The number of aromatic nitrogens is 2. The Morgan fingerprint density at radius 3 is 2.86 bits per heavy atom. The maximum atomic E-state index is 11.6. The van der Waals surface area contributed by atoms with Crippen LogP contribution in [0.2, 0.25) is 0 Å². The molecule has 5 heteroatoms. The molecule has 1 aromatic rings. The molecule has 2 rings (SSSR count). The lowest BCUT2D eigenvalue weighted by Crippen LogP contribution is -2.28. The lowest BCUT2D eigenvalue weighted by atomic mass is 10.0. The van der Waals surface area contributed by atoms with E-state index in [1.165, 1.54) is 0 Å². The maximum Gasteiger partial charge on any atom is 0.407 e. The molecule has 1 aliphatic rings. The lowest BCUT2D eigenvalue weighted by Gasteiger charge is -2.19. The highest BCUT2D eigenvalue weighted by Gasteiger charge is 2.30. The molecule has 2 atom stereocenters. The molecule has 1 saturated carbocycles. The zero-order chi connectivity index (χ0) is 15.5. The van der Waals surface area contributed by atoms with Gasteiger partial charge in [0.2, 0.25) is 0 Å². The minimum atomic E-state index is -0.289. The van der Waals surface area contributed by atoms with Crippen LogP contribution < -0.4 is 5.32 Å². The second kappa shape index (κ2) is 6.50. The largest absolute Gasteiger partial charge is 0.446 e. The first kappa shape index (κ1) is 15.9. The van der Waals surface area contributed by atoms with Gasteiger partial charge < -0.3 is 10.1 Å². The molecule has 5 nitrogen and oxygen atoms in total. The van der Waals surface area contributed by atoms with Crippen LogP contribution in [0.3, 0.4) is 0 Å². The Kier molecular flexibility index (Phi) is 4.91. The molecular weight excluding hydrogens is 266 g/mol. The van der Waals surface area contributed by atoms with E-state index in [0.29, 0.717) is 12.5 Å². The summed E-state index contributed by atoms with van der Waals surface area (Å²) in [5.74, 6) is 0.401. The van der Waals surface area contributed by atoms with Crippen LogP contribution in [-0.2, 0) is 10.3 Å². The minimum absolute atomic E-state index is 0.00674. The monoisotopic (exact) mass is 293 g/mol. The summed E-state index contributed by atoms with van der Waals surface area (Å²) in [5, 5.41) is 7.44. The Bertz CT molecular complexity index is 476. The van der Waals surface area contributed by atoms with Crippen molar-refractivity contribution in [1.29, 1.82) is 0 Å². The van der Waals surface area contributed by atoms with Crippen molar-refractivity contribution in [3.63, 3.8) is 0 Å². The van der Waals surface area contributed by atoms with Crippen molar-refractivity contribution in [3.05, 3.63) is 18.0 Å². The Morgan fingerprint density at radius 1 is 1.48 bits per heavy atom. The highest BCUT2D eigenvalue weighted by Crippen LogP contribution is 2.35. The van der Waals surface area contributed by atoms with Gasteiger partial charge in [-0.15, -0.1) is 0 Å². The van der Waals surface area contributed by atoms with E-state index < -0.39 is 0 Å². The molecule has 1 fully saturated rings. The smallest absolute Gasteiger partial charge is 0.407 e. The molecule has 0 saturated heterocycles. The van der Waals surface area contributed by atoms with Crippen molar-refractivity contribution >= 4 is 6.09 Å². The van der Waals surface area contributed by atoms with Gasteiger partial charge in [0.05, 0.1) is 11.2 Å². The summed E-state index contributed by atoms with van der Waals surface area (Å²) in [4.78, 5) is 11.6. The van der Waals surface area contributed by atoms with Gasteiger partial charge in [-0.25, -0.2) is 4.79 Å². The van der Waals surface area contributed by atoms with Crippen LogP contribution in [0.4, 0.5) is 4.79 Å². The fraction of sp³-hybridized carbons (Fsp3) is 0.750.